The molecule has 1 saturated heterocycles. The first-order valence-electron chi connectivity index (χ1n) is 9.80. The maximum Gasteiger partial charge on any atom is 0.404 e. The summed E-state index contributed by atoms with van der Waals surface area (Å²) in [5.41, 5.74) is 6.49. The quantitative estimate of drug-likeness (QED) is 0.778. The number of amides is 2. The van der Waals surface area contributed by atoms with E-state index in [2.05, 4.69) is 49.3 Å². The molecule has 3 rings (SSSR count). The minimum absolute atomic E-state index is 0.0539. The molecule has 1 spiro atoms. The van der Waals surface area contributed by atoms with Crippen LogP contribution in [0.1, 0.15) is 44.1 Å². The Morgan fingerprint density at radius 3 is 2.44 bits per heavy atom. The molecule has 0 atom stereocenters. The van der Waals surface area contributed by atoms with Crippen molar-refractivity contribution in [1.82, 2.24) is 9.80 Å². The van der Waals surface area contributed by atoms with Gasteiger partial charge in [-0.2, -0.15) is 0 Å². The first kappa shape index (κ1) is 19.7. The fourth-order valence-corrected chi connectivity index (χ4v) is 4.88. The lowest BCUT2D eigenvalue weighted by Crippen LogP contribution is -2.47. The Kier molecular flexibility index (Phi) is 5.75. The summed E-state index contributed by atoms with van der Waals surface area (Å²) in [6.07, 6.45) is 4.76. The molecule has 1 saturated carbocycles. The smallest absolute Gasteiger partial charge is 0.404 e. The highest BCUT2D eigenvalue weighted by Gasteiger charge is 2.49. The molecule has 6 nitrogen and oxygen atoms in total. The fourth-order valence-electron chi connectivity index (χ4n) is 4.88. The van der Waals surface area contributed by atoms with E-state index in [0.29, 0.717) is 19.4 Å². The Labute approximate surface area is 161 Å². The van der Waals surface area contributed by atoms with Crippen molar-refractivity contribution in [1.29, 1.82) is 0 Å². The van der Waals surface area contributed by atoms with Crippen LogP contribution in [0.4, 0.5) is 4.79 Å². The van der Waals surface area contributed by atoms with Crippen molar-refractivity contribution < 1.29 is 14.3 Å². The zero-order chi connectivity index (χ0) is 19.5. The summed E-state index contributed by atoms with van der Waals surface area (Å²) in [6, 6.07) is 10.7. The molecular formula is C21H31N3O3. The standard InChI is InChI=1S/C21H31N3O3/c1-23(2)21(17-7-4-3-5-8-17)11-9-20(10-12-21)15-18(25)24(16-20)13-6-14-27-19(22)26/h3-5,7-8H,6,9-16H2,1-2H3,(H2,22,26). The summed E-state index contributed by atoms with van der Waals surface area (Å²) in [6.45, 7) is 1.72. The molecule has 27 heavy (non-hydrogen) atoms. The van der Waals surface area contributed by atoms with E-state index >= 15 is 0 Å². The lowest BCUT2D eigenvalue weighted by molar-refractivity contribution is -0.128. The van der Waals surface area contributed by atoms with Crippen LogP contribution in [0.25, 0.3) is 0 Å². The molecule has 2 N–H and O–H groups in total. The van der Waals surface area contributed by atoms with Crippen LogP contribution in [0, 0.1) is 5.41 Å². The number of nitrogens with zero attached hydrogens (tertiary/aromatic N) is 2. The summed E-state index contributed by atoms with van der Waals surface area (Å²) in [5, 5.41) is 0. The molecule has 2 fully saturated rings. The third kappa shape index (κ3) is 4.10. The number of carbonyl (C=O) groups is 2. The Morgan fingerprint density at radius 1 is 1.19 bits per heavy atom. The number of hydrogen-bond donors (Lipinski definition) is 1. The van der Waals surface area contributed by atoms with Crippen LogP contribution >= 0.6 is 0 Å². The summed E-state index contributed by atoms with van der Waals surface area (Å²) in [5.74, 6) is 0.228. The Morgan fingerprint density at radius 2 is 1.85 bits per heavy atom. The van der Waals surface area contributed by atoms with Gasteiger partial charge in [-0.3, -0.25) is 9.69 Å². The van der Waals surface area contributed by atoms with Gasteiger partial charge < -0.3 is 15.4 Å². The van der Waals surface area contributed by atoms with Gasteiger partial charge in [-0.25, -0.2) is 4.79 Å². The summed E-state index contributed by atoms with van der Waals surface area (Å²) < 4.78 is 4.77. The van der Waals surface area contributed by atoms with Crippen LogP contribution in [0.3, 0.4) is 0 Å². The molecule has 1 aliphatic heterocycles. The average molecular weight is 373 g/mol. The predicted molar refractivity (Wildman–Crippen MR) is 104 cm³/mol. The van der Waals surface area contributed by atoms with Gasteiger partial charge in [0.1, 0.15) is 0 Å². The fraction of sp³-hybridized carbons (Fsp3) is 0.619. The number of nitrogens with two attached hydrogens (primary N) is 1. The number of likely N-dealkylation sites (tertiary alicyclic amines) is 1. The molecule has 0 aromatic heterocycles. The molecule has 1 aromatic rings. The monoisotopic (exact) mass is 373 g/mol. The van der Waals surface area contributed by atoms with Crippen LogP contribution in [-0.2, 0) is 15.1 Å². The summed E-state index contributed by atoms with van der Waals surface area (Å²) in [7, 11) is 4.33. The number of benzene rings is 1. The minimum Gasteiger partial charge on any atom is -0.450 e. The van der Waals surface area contributed by atoms with Gasteiger partial charge in [-0.1, -0.05) is 30.3 Å². The third-order valence-corrected chi connectivity index (χ3v) is 6.53. The lowest BCUT2D eigenvalue weighted by Gasteiger charge is -2.48. The van der Waals surface area contributed by atoms with Crippen molar-refractivity contribution in [2.24, 2.45) is 11.1 Å². The molecule has 1 aliphatic carbocycles. The molecule has 2 aliphatic rings. The highest BCUT2D eigenvalue weighted by Crippen LogP contribution is 2.52. The molecular weight excluding hydrogens is 342 g/mol. The molecule has 6 heteroatoms. The highest BCUT2D eigenvalue weighted by molar-refractivity contribution is 5.79. The van der Waals surface area contributed by atoms with Crippen LogP contribution < -0.4 is 5.73 Å². The van der Waals surface area contributed by atoms with Crippen molar-refractivity contribution in [3.63, 3.8) is 0 Å². The van der Waals surface area contributed by atoms with E-state index in [9.17, 15) is 9.59 Å². The van der Waals surface area contributed by atoms with Gasteiger partial charge >= 0.3 is 6.09 Å². The Balaban J connectivity index is 1.62. The molecule has 148 valence electrons. The Bertz CT molecular complexity index is 667. The number of ether oxygens (including phenoxy) is 1. The molecule has 1 heterocycles. The highest BCUT2D eigenvalue weighted by atomic mass is 16.5. The van der Waals surface area contributed by atoms with Gasteiger partial charge in [0.05, 0.1) is 6.61 Å². The van der Waals surface area contributed by atoms with Gasteiger partial charge in [-0.15, -0.1) is 0 Å². The largest absolute Gasteiger partial charge is 0.450 e. The third-order valence-electron chi connectivity index (χ3n) is 6.53. The SMILES string of the molecule is CN(C)C1(c2ccccc2)CCC2(CC1)CC(=O)N(CCCOC(N)=O)C2. The second kappa shape index (κ2) is 7.89. The first-order chi connectivity index (χ1) is 12.9. The number of hydrogen-bond acceptors (Lipinski definition) is 4. The number of rotatable bonds is 6. The van der Waals surface area contributed by atoms with E-state index in [-0.39, 0.29) is 23.5 Å². The van der Waals surface area contributed by atoms with Gasteiger partial charge in [0.25, 0.3) is 0 Å². The molecule has 0 unspecified atom stereocenters. The van der Waals surface area contributed by atoms with Crippen molar-refractivity contribution in [3.05, 3.63) is 35.9 Å². The molecule has 1 aromatic carbocycles. The Hall–Kier alpha value is -2.08. The topological polar surface area (TPSA) is 75.9 Å². The van der Waals surface area contributed by atoms with Crippen molar-refractivity contribution >= 4 is 12.0 Å². The minimum atomic E-state index is -0.757. The number of primary amides is 1. The summed E-state index contributed by atoms with van der Waals surface area (Å²) >= 11 is 0. The van der Waals surface area contributed by atoms with Crippen LogP contribution in [0.5, 0.6) is 0 Å². The van der Waals surface area contributed by atoms with E-state index < -0.39 is 6.09 Å². The predicted octanol–water partition coefficient (Wildman–Crippen LogP) is 2.72. The first-order valence-corrected chi connectivity index (χ1v) is 9.80. The van der Waals surface area contributed by atoms with Gasteiger partial charge in [0.15, 0.2) is 0 Å². The van der Waals surface area contributed by atoms with Crippen molar-refractivity contribution in [3.8, 4) is 0 Å². The molecule has 0 bridgehead atoms. The lowest BCUT2D eigenvalue weighted by atomic mass is 9.64. The van der Waals surface area contributed by atoms with Crippen LogP contribution in [-0.4, -0.2) is 55.6 Å². The second-order valence-corrected chi connectivity index (χ2v) is 8.31. The van der Waals surface area contributed by atoms with E-state index in [1.54, 1.807) is 0 Å². The normalized spacial score (nSPS) is 28.1. The number of carbonyl (C=O) groups excluding carboxylic acids is 2. The second-order valence-electron chi connectivity index (χ2n) is 8.31. The maximum atomic E-state index is 12.5. The van der Waals surface area contributed by atoms with E-state index in [0.717, 1.165) is 32.2 Å². The van der Waals surface area contributed by atoms with Gasteiger partial charge in [-0.05, 0) is 57.2 Å². The van der Waals surface area contributed by atoms with E-state index in [1.807, 2.05) is 4.90 Å². The van der Waals surface area contributed by atoms with Crippen molar-refractivity contribution in [2.45, 2.75) is 44.1 Å². The van der Waals surface area contributed by atoms with Crippen LogP contribution in [0.2, 0.25) is 0 Å². The zero-order valence-corrected chi connectivity index (χ0v) is 16.4. The van der Waals surface area contributed by atoms with E-state index in [4.69, 9.17) is 10.5 Å². The van der Waals surface area contributed by atoms with Crippen molar-refractivity contribution in [2.75, 3.05) is 33.8 Å². The molecule has 0 radical (unpaired) electrons. The van der Waals surface area contributed by atoms with Gasteiger partial charge in [0.2, 0.25) is 5.91 Å². The molecule has 2 amide bonds. The zero-order valence-electron chi connectivity index (χ0n) is 16.4. The summed E-state index contributed by atoms with van der Waals surface area (Å²) in [4.78, 5) is 27.5. The average Bonchev–Trinajstić information content (AvgIpc) is 2.95. The maximum absolute atomic E-state index is 12.5. The van der Waals surface area contributed by atoms with E-state index in [1.165, 1.54) is 5.56 Å². The van der Waals surface area contributed by atoms with Gasteiger partial charge in [0, 0.05) is 25.0 Å². The van der Waals surface area contributed by atoms with Crippen LogP contribution in [0.15, 0.2) is 30.3 Å².